The van der Waals surface area contributed by atoms with Crippen molar-refractivity contribution in [2.75, 3.05) is 26.9 Å². The number of ether oxygens (including phenoxy) is 1. The van der Waals surface area contributed by atoms with Crippen molar-refractivity contribution in [2.45, 2.75) is 33.7 Å². The SMILES string of the molecule is COc1c(C(C)n2nc(C)c3c(N)ncnc32)cc(C)c(C)c1-c1ccc(C(=O)N(C)C)nc1. The minimum absolute atomic E-state index is 0.143. The molecule has 1 amide bonds. The van der Waals surface area contributed by atoms with Crippen LogP contribution in [0.3, 0.4) is 0 Å². The van der Waals surface area contributed by atoms with E-state index in [0.717, 1.165) is 44.6 Å². The molecule has 9 heteroatoms. The van der Waals surface area contributed by atoms with Gasteiger partial charge in [0.15, 0.2) is 5.65 Å². The average molecular weight is 460 g/mol. The molecule has 4 rings (SSSR count). The number of nitrogen functional groups attached to an aromatic ring is 1. The molecule has 0 fully saturated rings. The molecule has 0 aliphatic rings. The van der Waals surface area contributed by atoms with Gasteiger partial charge < -0.3 is 15.4 Å². The summed E-state index contributed by atoms with van der Waals surface area (Å²) in [7, 11) is 5.07. The second kappa shape index (κ2) is 8.74. The van der Waals surface area contributed by atoms with E-state index >= 15 is 0 Å². The number of fused-ring (bicyclic) bond motifs is 1. The minimum atomic E-state index is -0.193. The molecular weight excluding hydrogens is 430 g/mol. The van der Waals surface area contributed by atoms with Crippen LogP contribution in [0.15, 0.2) is 30.7 Å². The largest absolute Gasteiger partial charge is 0.496 e. The minimum Gasteiger partial charge on any atom is -0.496 e. The van der Waals surface area contributed by atoms with Gasteiger partial charge in [0.2, 0.25) is 0 Å². The number of benzene rings is 1. The third-order valence-electron chi connectivity index (χ3n) is 6.22. The van der Waals surface area contributed by atoms with E-state index in [1.54, 1.807) is 33.5 Å². The second-order valence-corrected chi connectivity index (χ2v) is 8.61. The molecule has 1 unspecified atom stereocenters. The van der Waals surface area contributed by atoms with Crippen molar-refractivity contribution in [3.8, 4) is 16.9 Å². The number of nitrogens with two attached hydrogens (primary N) is 1. The highest BCUT2D eigenvalue weighted by atomic mass is 16.5. The summed E-state index contributed by atoms with van der Waals surface area (Å²) in [5.74, 6) is 0.996. The first-order valence-electron chi connectivity index (χ1n) is 11.0. The van der Waals surface area contributed by atoms with E-state index in [2.05, 4.69) is 41.8 Å². The number of rotatable bonds is 5. The first-order chi connectivity index (χ1) is 16.1. The molecule has 3 heterocycles. The van der Waals surface area contributed by atoms with Gasteiger partial charge in [-0.3, -0.25) is 9.78 Å². The number of methoxy groups -OCH3 is 1. The Morgan fingerprint density at radius 3 is 2.50 bits per heavy atom. The van der Waals surface area contributed by atoms with Crippen molar-refractivity contribution in [3.05, 3.63) is 58.8 Å². The first-order valence-corrected chi connectivity index (χ1v) is 11.0. The standard InChI is InChI=1S/C25H29N7O2/c1-13-10-18(16(4)32-24-21(15(3)30-32)23(26)28-12-29-24)22(34-7)20(14(13)2)17-8-9-19(27-11-17)25(33)31(5)6/h8-12,16H,1-7H3,(H2,26,28,29). The maximum absolute atomic E-state index is 12.3. The van der Waals surface area contributed by atoms with E-state index in [-0.39, 0.29) is 11.9 Å². The molecular formula is C25H29N7O2. The van der Waals surface area contributed by atoms with Crippen LogP contribution < -0.4 is 10.5 Å². The van der Waals surface area contributed by atoms with Crippen LogP contribution in [-0.2, 0) is 0 Å². The summed E-state index contributed by atoms with van der Waals surface area (Å²) in [6.07, 6.45) is 3.17. The van der Waals surface area contributed by atoms with Gasteiger partial charge in [0.1, 0.15) is 23.6 Å². The van der Waals surface area contributed by atoms with Crippen LogP contribution >= 0.6 is 0 Å². The molecule has 1 atom stereocenters. The Hall–Kier alpha value is -4.01. The van der Waals surface area contributed by atoms with Gasteiger partial charge in [-0.1, -0.05) is 6.07 Å². The van der Waals surface area contributed by atoms with Crippen molar-refractivity contribution in [1.82, 2.24) is 29.6 Å². The monoisotopic (exact) mass is 459 g/mol. The molecule has 176 valence electrons. The van der Waals surface area contributed by atoms with Gasteiger partial charge in [-0.2, -0.15) is 5.10 Å². The average Bonchev–Trinajstić information content (AvgIpc) is 3.17. The van der Waals surface area contributed by atoms with Gasteiger partial charge in [0.25, 0.3) is 5.91 Å². The van der Waals surface area contributed by atoms with Gasteiger partial charge in [0, 0.05) is 37.0 Å². The highest BCUT2D eigenvalue weighted by Gasteiger charge is 2.24. The lowest BCUT2D eigenvalue weighted by molar-refractivity contribution is 0.0822. The van der Waals surface area contributed by atoms with E-state index in [1.165, 1.54) is 11.2 Å². The van der Waals surface area contributed by atoms with Crippen molar-refractivity contribution < 1.29 is 9.53 Å². The lowest BCUT2D eigenvalue weighted by Gasteiger charge is -2.23. The number of aryl methyl sites for hydroxylation is 2. The fourth-order valence-corrected chi connectivity index (χ4v) is 4.27. The van der Waals surface area contributed by atoms with Crippen LogP contribution in [0.1, 0.15) is 45.8 Å². The molecule has 34 heavy (non-hydrogen) atoms. The predicted octanol–water partition coefficient (Wildman–Crippen LogP) is 3.72. The second-order valence-electron chi connectivity index (χ2n) is 8.61. The third-order valence-corrected chi connectivity index (χ3v) is 6.22. The third kappa shape index (κ3) is 3.72. The van der Waals surface area contributed by atoms with Crippen molar-refractivity contribution in [2.24, 2.45) is 0 Å². The highest BCUT2D eigenvalue weighted by molar-refractivity contribution is 5.92. The first kappa shape index (κ1) is 23.2. The summed E-state index contributed by atoms with van der Waals surface area (Å²) in [5.41, 5.74) is 12.9. The maximum Gasteiger partial charge on any atom is 0.271 e. The summed E-state index contributed by atoms with van der Waals surface area (Å²) in [5, 5.41) is 5.48. The van der Waals surface area contributed by atoms with E-state index in [4.69, 9.17) is 15.6 Å². The number of anilines is 1. The maximum atomic E-state index is 12.3. The molecule has 0 spiro atoms. The molecule has 0 radical (unpaired) electrons. The lowest BCUT2D eigenvalue weighted by atomic mass is 9.91. The van der Waals surface area contributed by atoms with Crippen LogP contribution in [0.25, 0.3) is 22.2 Å². The van der Waals surface area contributed by atoms with Gasteiger partial charge in [-0.05, 0) is 51.0 Å². The Morgan fingerprint density at radius 2 is 1.88 bits per heavy atom. The summed E-state index contributed by atoms with van der Waals surface area (Å²) in [6, 6.07) is 5.57. The predicted molar refractivity (Wildman–Crippen MR) is 132 cm³/mol. The van der Waals surface area contributed by atoms with E-state index in [1.807, 2.05) is 17.7 Å². The van der Waals surface area contributed by atoms with Crippen molar-refractivity contribution in [1.29, 1.82) is 0 Å². The van der Waals surface area contributed by atoms with Gasteiger partial charge in [-0.15, -0.1) is 0 Å². The Kier molecular flexibility index (Phi) is 5.95. The molecule has 1 aromatic carbocycles. The molecule has 0 aliphatic carbocycles. The Labute approximate surface area is 198 Å². The van der Waals surface area contributed by atoms with Crippen LogP contribution in [0.4, 0.5) is 5.82 Å². The molecule has 0 saturated heterocycles. The number of pyridine rings is 1. The molecule has 0 aliphatic heterocycles. The number of nitrogens with zero attached hydrogens (tertiary/aromatic N) is 6. The van der Waals surface area contributed by atoms with E-state index in [0.29, 0.717) is 17.2 Å². The number of amides is 1. The summed E-state index contributed by atoms with van der Waals surface area (Å²) in [6.45, 7) is 8.08. The van der Waals surface area contributed by atoms with Gasteiger partial charge in [-0.25, -0.2) is 14.6 Å². The molecule has 9 nitrogen and oxygen atoms in total. The van der Waals surface area contributed by atoms with E-state index in [9.17, 15) is 4.79 Å². The van der Waals surface area contributed by atoms with Crippen molar-refractivity contribution in [3.63, 3.8) is 0 Å². The van der Waals surface area contributed by atoms with E-state index < -0.39 is 0 Å². The molecule has 0 saturated carbocycles. The smallest absolute Gasteiger partial charge is 0.271 e. The summed E-state index contributed by atoms with van der Waals surface area (Å²) >= 11 is 0. The number of hydrogen-bond donors (Lipinski definition) is 1. The zero-order valence-corrected chi connectivity index (χ0v) is 20.5. The van der Waals surface area contributed by atoms with Crippen molar-refractivity contribution >= 4 is 22.8 Å². The summed E-state index contributed by atoms with van der Waals surface area (Å²) < 4.78 is 7.82. The molecule has 0 bridgehead atoms. The van der Waals surface area contributed by atoms with Crippen LogP contribution in [0.2, 0.25) is 0 Å². The van der Waals surface area contributed by atoms with Gasteiger partial charge >= 0.3 is 0 Å². The number of carbonyl (C=O) groups is 1. The molecule has 3 aromatic heterocycles. The summed E-state index contributed by atoms with van der Waals surface area (Å²) in [4.78, 5) is 26.8. The lowest BCUT2D eigenvalue weighted by Crippen LogP contribution is -2.22. The zero-order valence-electron chi connectivity index (χ0n) is 20.5. The Morgan fingerprint density at radius 1 is 1.15 bits per heavy atom. The zero-order chi connectivity index (χ0) is 24.7. The highest BCUT2D eigenvalue weighted by Crippen LogP contribution is 2.41. The fraction of sp³-hybridized carbons (Fsp3) is 0.320. The quantitative estimate of drug-likeness (QED) is 0.484. The van der Waals surface area contributed by atoms with Gasteiger partial charge in [0.05, 0.1) is 24.2 Å². The molecule has 4 aromatic rings. The number of hydrogen-bond acceptors (Lipinski definition) is 7. The normalized spacial score (nSPS) is 12.1. The van der Waals surface area contributed by atoms with Crippen LogP contribution in [0.5, 0.6) is 5.75 Å². The number of carbonyl (C=O) groups excluding carboxylic acids is 1. The fourth-order valence-electron chi connectivity index (χ4n) is 4.27. The van der Waals surface area contributed by atoms with Crippen LogP contribution in [0, 0.1) is 20.8 Å². The van der Waals surface area contributed by atoms with Crippen LogP contribution in [-0.4, -0.2) is 56.7 Å². The molecule has 2 N–H and O–H groups in total. The topological polar surface area (TPSA) is 112 Å². The Bertz CT molecular complexity index is 1390. The number of aromatic nitrogens is 5. The Balaban J connectivity index is 1.88.